The van der Waals surface area contributed by atoms with Crippen molar-refractivity contribution in [3.8, 4) is 28.0 Å². The summed E-state index contributed by atoms with van der Waals surface area (Å²) in [6.07, 6.45) is 0.915. The zero-order valence-electron chi connectivity index (χ0n) is 18.0. The van der Waals surface area contributed by atoms with Crippen molar-refractivity contribution in [2.75, 3.05) is 7.11 Å². The number of methoxy groups -OCH3 is 1. The number of hydrogen-bond acceptors (Lipinski definition) is 1. The Morgan fingerprint density at radius 3 is 1.94 bits per heavy atom. The minimum atomic E-state index is -0.823. The molecule has 0 atom stereocenters. The first-order valence-corrected chi connectivity index (χ1v) is 10.4. The first-order valence-electron chi connectivity index (χ1n) is 10.4. The summed E-state index contributed by atoms with van der Waals surface area (Å²) in [5, 5.41) is 0. The minimum absolute atomic E-state index is 0.261. The van der Waals surface area contributed by atoms with E-state index in [1.165, 1.54) is 13.2 Å². The summed E-state index contributed by atoms with van der Waals surface area (Å²) in [6.45, 7) is 1.95. The summed E-state index contributed by atoms with van der Waals surface area (Å²) in [6, 6.07) is 22.8. The highest BCUT2D eigenvalue weighted by Gasteiger charge is 2.15. The van der Waals surface area contributed by atoms with E-state index in [2.05, 4.69) is 0 Å². The molecule has 0 aliphatic heterocycles. The second kappa shape index (κ2) is 9.31. The SMILES string of the molecule is COc1ccc(-c2ccc(CCc3ccc(-c4ccc(C)cc4)c(F)c3F)cc2)c(F)c1. The van der Waals surface area contributed by atoms with Crippen LogP contribution in [0, 0.1) is 24.4 Å². The van der Waals surface area contributed by atoms with Crippen LogP contribution in [-0.4, -0.2) is 7.11 Å². The van der Waals surface area contributed by atoms with E-state index in [9.17, 15) is 13.2 Å². The highest BCUT2D eigenvalue weighted by Crippen LogP contribution is 2.29. The highest BCUT2D eigenvalue weighted by atomic mass is 19.2. The van der Waals surface area contributed by atoms with Gasteiger partial charge in [-0.25, -0.2) is 13.2 Å². The number of rotatable bonds is 6. The largest absolute Gasteiger partial charge is 0.497 e. The Kier molecular flexibility index (Phi) is 6.31. The lowest BCUT2D eigenvalue weighted by Crippen LogP contribution is -2.00. The molecule has 0 spiro atoms. The normalized spacial score (nSPS) is 10.9. The van der Waals surface area contributed by atoms with Crippen LogP contribution in [-0.2, 0) is 12.8 Å². The fourth-order valence-corrected chi connectivity index (χ4v) is 3.73. The first kappa shape index (κ1) is 21.7. The van der Waals surface area contributed by atoms with Crippen molar-refractivity contribution < 1.29 is 17.9 Å². The standard InChI is InChI=1S/C28H23F3O/c1-18-3-8-21(9-4-18)25-15-13-22(27(30)28(25)31)12-7-19-5-10-20(11-6-19)24-16-14-23(32-2)17-26(24)29/h3-6,8-11,13-17H,7,12H2,1-2H3. The van der Waals surface area contributed by atoms with Gasteiger partial charge in [-0.1, -0.05) is 66.2 Å². The van der Waals surface area contributed by atoms with Crippen molar-refractivity contribution in [3.63, 3.8) is 0 Å². The molecular weight excluding hydrogens is 409 g/mol. The van der Waals surface area contributed by atoms with E-state index in [1.807, 2.05) is 43.3 Å². The highest BCUT2D eigenvalue weighted by molar-refractivity contribution is 5.66. The quantitative estimate of drug-likeness (QED) is 0.306. The molecule has 4 heteroatoms. The van der Waals surface area contributed by atoms with Crippen LogP contribution >= 0.6 is 0 Å². The van der Waals surface area contributed by atoms with Crippen LogP contribution in [0.3, 0.4) is 0 Å². The van der Waals surface area contributed by atoms with Gasteiger partial charge in [-0.05, 0) is 54.2 Å². The summed E-state index contributed by atoms with van der Waals surface area (Å²) in [7, 11) is 1.49. The van der Waals surface area contributed by atoms with Gasteiger partial charge in [0.25, 0.3) is 0 Å². The maximum Gasteiger partial charge on any atom is 0.166 e. The molecule has 4 aromatic carbocycles. The lowest BCUT2D eigenvalue weighted by atomic mass is 9.97. The van der Waals surface area contributed by atoms with Crippen LogP contribution in [0.1, 0.15) is 16.7 Å². The first-order chi connectivity index (χ1) is 15.5. The Morgan fingerprint density at radius 1 is 0.656 bits per heavy atom. The van der Waals surface area contributed by atoms with Gasteiger partial charge in [0.1, 0.15) is 11.6 Å². The molecule has 0 saturated carbocycles. The Balaban J connectivity index is 1.48. The lowest BCUT2D eigenvalue weighted by molar-refractivity contribution is 0.411. The van der Waals surface area contributed by atoms with Crippen LogP contribution in [0.5, 0.6) is 5.75 Å². The molecule has 0 radical (unpaired) electrons. The van der Waals surface area contributed by atoms with Crippen molar-refractivity contribution in [1.29, 1.82) is 0 Å². The monoisotopic (exact) mass is 432 g/mol. The fourth-order valence-electron chi connectivity index (χ4n) is 3.73. The maximum absolute atomic E-state index is 14.7. The fraction of sp³-hybridized carbons (Fsp3) is 0.143. The third-order valence-corrected chi connectivity index (χ3v) is 5.65. The van der Waals surface area contributed by atoms with Gasteiger partial charge < -0.3 is 4.74 Å². The van der Waals surface area contributed by atoms with Crippen LogP contribution in [0.4, 0.5) is 13.2 Å². The third-order valence-electron chi connectivity index (χ3n) is 5.65. The topological polar surface area (TPSA) is 9.23 Å². The Bertz CT molecular complexity index is 1230. The molecule has 4 aromatic rings. The van der Waals surface area contributed by atoms with Crippen molar-refractivity contribution in [3.05, 3.63) is 113 Å². The number of ether oxygens (including phenoxy) is 1. The molecule has 0 heterocycles. The van der Waals surface area contributed by atoms with Crippen LogP contribution in [0.15, 0.2) is 78.9 Å². The molecular formula is C28H23F3O. The van der Waals surface area contributed by atoms with E-state index >= 15 is 0 Å². The van der Waals surface area contributed by atoms with E-state index in [4.69, 9.17) is 4.74 Å². The average molecular weight is 432 g/mol. The molecule has 0 unspecified atom stereocenters. The predicted molar refractivity (Wildman–Crippen MR) is 122 cm³/mol. The van der Waals surface area contributed by atoms with Crippen LogP contribution in [0.2, 0.25) is 0 Å². The Morgan fingerprint density at radius 2 is 1.28 bits per heavy atom. The zero-order valence-corrected chi connectivity index (χ0v) is 18.0. The van der Waals surface area contributed by atoms with Crippen LogP contribution in [0.25, 0.3) is 22.3 Å². The molecule has 0 N–H and O–H groups in total. The summed E-state index contributed by atoms with van der Waals surface area (Å²) in [5.74, 6) is -1.52. The molecule has 4 rings (SSSR count). The molecule has 0 aliphatic rings. The molecule has 0 aliphatic carbocycles. The van der Waals surface area contributed by atoms with Gasteiger partial charge in [0.15, 0.2) is 11.6 Å². The number of benzene rings is 4. The summed E-state index contributed by atoms with van der Waals surface area (Å²) >= 11 is 0. The average Bonchev–Trinajstić information content (AvgIpc) is 2.81. The molecule has 1 nitrogen and oxygen atoms in total. The van der Waals surface area contributed by atoms with E-state index in [-0.39, 0.29) is 11.4 Å². The Labute approximate surface area is 186 Å². The summed E-state index contributed by atoms with van der Waals surface area (Å²) in [4.78, 5) is 0. The lowest BCUT2D eigenvalue weighted by Gasteiger charge is -2.10. The van der Waals surface area contributed by atoms with Crippen LogP contribution < -0.4 is 4.74 Å². The van der Waals surface area contributed by atoms with Gasteiger partial charge >= 0.3 is 0 Å². The smallest absolute Gasteiger partial charge is 0.166 e. The summed E-state index contributed by atoms with van der Waals surface area (Å²) < 4.78 is 48.7. The molecule has 0 fully saturated rings. The second-order valence-corrected chi connectivity index (χ2v) is 7.81. The number of aryl methyl sites for hydroxylation is 3. The zero-order chi connectivity index (χ0) is 22.7. The van der Waals surface area contributed by atoms with E-state index in [0.717, 1.165) is 16.7 Å². The summed E-state index contributed by atoms with van der Waals surface area (Å²) in [5.41, 5.74) is 4.50. The van der Waals surface area contributed by atoms with Gasteiger partial charge in [0, 0.05) is 17.2 Å². The van der Waals surface area contributed by atoms with E-state index in [0.29, 0.717) is 35.3 Å². The number of hydrogen-bond donors (Lipinski definition) is 0. The minimum Gasteiger partial charge on any atom is -0.497 e. The molecule has 0 saturated heterocycles. The molecule has 0 amide bonds. The van der Waals surface area contributed by atoms with Crippen molar-refractivity contribution >= 4 is 0 Å². The van der Waals surface area contributed by atoms with Gasteiger partial charge in [0.05, 0.1) is 7.11 Å². The van der Waals surface area contributed by atoms with Gasteiger partial charge in [-0.15, -0.1) is 0 Å². The molecule has 0 bridgehead atoms. The third kappa shape index (κ3) is 4.54. The number of halogens is 3. The van der Waals surface area contributed by atoms with Crippen molar-refractivity contribution in [2.24, 2.45) is 0 Å². The van der Waals surface area contributed by atoms with Crippen molar-refractivity contribution in [2.45, 2.75) is 19.8 Å². The maximum atomic E-state index is 14.7. The van der Waals surface area contributed by atoms with E-state index < -0.39 is 11.6 Å². The predicted octanol–water partition coefficient (Wildman–Crippen LogP) is 7.54. The van der Waals surface area contributed by atoms with Gasteiger partial charge in [-0.2, -0.15) is 0 Å². The van der Waals surface area contributed by atoms with Gasteiger partial charge in [-0.3, -0.25) is 0 Å². The molecule has 0 aromatic heterocycles. The molecule has 32 heavy (non-hydrogen) atoms. The molecule has 162 valence electrons. The second-order valence-electron chi connectivity index (χ2n) is 7.81. The van der Waals surface area contributed by atoms with Gasteiger partial charge in [0.2, 0.25) is 0 Å². The Hall–Kier alpha value is -3.53. The van der Waals surface area contributed by atoms with E-state index in [1.54, 1.807) is 36.4 Å². The van der Waals surface area contributed by atoms with Crippen molar-refractivity contribution in [1.82, 2.24) is 0 Å².